The molecule has 22 heavy (non-hydrogen) atoms. The lowest BCUT2D eigenvalue weighted by molar-refractivity contribution is -0.119. The summed E-state index contributed by atoms with van der Waals surface area (Å²) in [6, 6.07) is 11.0. The molecule has 0 aliphatic carbocycles. The van der Waals surface area contributed by atoms with Gasteiger partial charge in [0.2, 0.25) is 5.88 Å². The minimum absolute atomic E-state index is 0.204. The Kier molecular flexibility index (Phi) is 4.38. The van der Waals surface area contributed by atoms with E-state index in [0.717, 1.165) is 5.69 Å². The molecular formula is C16H18F2N2O2. The number of halogens is 2. The van der Waals surface area contributed by atoms with Crippen LogP contribution in [0.25, 0.3) is 5.69 Å². The summed E-state index contributed by atoms with van der Waals surface area (Å²) >= 11 is 0. The van der Waals surface area contributed by atoms with Crippen molar-refractivity contribution in [1.29, 1.82) is 0 Å². The van der Waals surface area contributed by atoms with Crippen LogP contribution in [0.4, 0.5) is 8.78 Å². The van der Waals surface area contributed by atoms with Gasteiger partial charge in [-0.05, 0) is 25.0 Å². The Balaban J connectivity index is 1.61. The van der Waals surface area contributed by atoms with Gasteiger partial charge in [0.15, 0.2) is 6.61 Å². The van der Waals surface area contributed by atoms with Gasteiger partial charge < -0.3 is 9.47 Å². The first-order valence-electron chi connectivity index (χ1n) is 7.34. The van der Waals surface area contributed by atoms with Crippen molar-refractivity contribution < 1.29 is 18.3 Å². The summed E-state index contributed by atoms with van der Waals surface area (Å²) in [6.07, 6.45) is 2.43. The number of ether oxygens (including phenoxy) is 2. The SMILES string of the molecule is FC(F)(COc1ccn(-c2ccccc2)n1)C1CCOCC1. The Hall–Kier alpha value is -1.95. The second kappa shape index (κ2) is 6.44. The third-order valence-electron chi connectivity index (χ3n) is 3.82. The molecule has 3 rings (SSSR count). The number of alkyl halides is 2. The lowest BCUT2D eigenvalue weighted by atomic mass is 9.93. The second-order valence-electron chi connectivity index (χ2n) is 5.37. The Labute approximate surface area is 127 Å². The third kappa shape index (κ3) is 3.44. The quantitative estimate of drug-likeness (QED) is 0.850. The van der Waals surface area contributed by atoms with Crippen molar-refractivity contribution in [1.82, 2.24) is 9.78 Å². The fourth-order valence-electron chi connectivity index (χ4n) is 2.52. The van der Waals surface area contributed by atoms with Gasteiger partial charge in [-0.1, -0.05) is 18.2 Å². The maximum absolute atomic E-state index is 14.1. The summed E-state index contributed by atoms with van der Waals surface area (Å²) in [7, 11) is 0. The smallest absolute Gasteiger partial charge is 0.284 e. The predicted molar refractivity (Wildman–Crippen MR) is 77.5 cm³/mol. The van der Waals surface area contributed by atoms with Crippen LogP contribution >= 0.6 is 0 Å². The predicted octanol–water partition coefficient (Wildman–Crippen LogP) is 3.31. The maximum Gasteiger partial charge on any atom is 0.284 e. The molecule has 0 amide bonds. The fraction of sp³-hybridized carbons (Fsp3) is 0.438. The van der Waals surface area contributed by atoms with Gasteiger partial charge in [-0.25, -0.2) is 13.5 Å². The van der Waals surface area contributed by atoms with E-state index in [4.69, 9.17) is 9.47 Å². The zero-order valence-electron chi connectivity index (χ0n) is 12.1. The fourth-order valence-corrected chi connectivity index (χ4v) is 2.52. The largest absolute Gasteiger partial charge is 0.470 e. The maximum atomic E-state index is 14.1. The van der Waals surface area contributed by atoms with Crippen LogP contribution in [0.15, 0.2) is 42.6 Å². The summed E-state index contributed by atoms with van der Waals surface area (Å²) in [6.45, 7) is 0.134. The van der Waals surface area contributed by atoms with Gasteiger partial charge >= 0.3 is 0 Å². The Morgan fingerprint density at radius 1 is 1.18 bits per heavy atom. The summed E-state index contributed by atoms with van der Waals surface area (Å²) in [4.78, 5) is 0. The number of rotatable bonds is 5. The summed E-state index contributed by atoms with van der Waals surface area (Å²) in [5, 5.41) is 4.17. The van der Waals surface area contributed by atoms with Gasteiger partial charge in [-0.15, -0.1) is 5.10 Å². The van der Waals surface area contributed by atoms with E-state index in [1.165, 1.54) is 0 Å². The van der Waals surface area contributed by atoms with Crippen LogP contribution in [0, 0.1) is 5.92 Å². The summed E-state index contributed by atoms with van der Waals surface area (Å²) < 4.78 is 40.1. The van der Waals surface area contributed by atoms with E-state index in [1.807, 2.05) is 30.3 Å². The topological polar surface area (TPSA) is 36.3 Å². The molecule has 1 aromatic heterocycles. The van der Waals surface area contributed by atoms with Gasteiger partial charge in [0.05, 0.1) is 5.69 Å². The zero-order valence-corrected chi connectivity index (χ0v) is 12.1. The molecule has 0 atom stereocenters. The Morgan fingerprint density at radius 2 is 1.91 bits per heavy atom. The summed E-state index contributed by atoms with van der Waals surface area (Å²) in [5.74, 6) is -3.34. The molecule has 1 aliphatic heterocycles. The molecule has 1 aliphatic rings. The van der Waals surface area contributed by atoms with Crippen LogP contribution in [0.2, 0.25) is 0 Å². The van der Waals surface area contributed by atoms with Crippen LogP contribution in [0.1, 0.15) is 12.8 Å². The Morgan fingerprint density at radius 3 is 2.64 bits per heavy atom. The number of benzene rings is 1. The Bertz CT molecular complexity index is 595. The van der Waals surface area contributed by atoms with Crippen molar-refractivity contribution in [2.45, 2.75) is 18.8 Å². The average molecular weight is 308 g/mol. The minimum Gasteiger partial charge on any atom is -0.470 e. The number of hydrogen-bond acceptors (Lipinski definition) is 3. The van der Waals surface area contributed by atoms with Crippen molar-refractivity contribution in [3.8, 4) is 11.6 Å². The first-order valence-corrected chi connectivity index (χ1v) is 7.34. The van der Waals surface area contributed by atoms with Crippen molar-refractivity contribution in [3.05, 3.63) is 42.6 Å². The van der Waals surface area contributed by atoms with Gasteiger partial charge in [-0.3, -0.25) is 0 Å². The van der Waals surface area contributed by atoms with E-state index in [1.54, 1.807) is 16.9 Å². The first-order chi connectivity index (χ1) is 10.6. The molecule has 0 bridgehead atoms. The molecule has 0 radical (unpaired) electrons. The number of hydrogen-bond donors (Lipinski definition) is 0. The van der Waals surface area contributed by atoms with Crippen LogP contribution in [0.5, 0.6) is 5.88 Å². The van der Waals surface area contributed by atoms with Crippen molar-refractivity contribution in [2.75, 3.05) is 19.8 Å². The van der Waals surface area contributed by atoms with E-state index < -0.39 is 18.4 Å². The molecule has 1 saturated heterocycles. The molecular weight excluding hydrogens is 290 g/mol. The third-order valence-corrected chi connectivity index (χ3v) is 3.82. The summed E-state index contributed by atoms with van der Waals surface area (Å²) in [5.41, 5.74) is 0.855. The highest BCUT2D eigenvalue weighted by Gasteiger charge is 2.41. The molecule has 0 spiro atoms. The van der Waals surface area contributed by atoms with E-state index in [2.05, 4.69) is 5.10 Å². The molecule has 6 heteroatoms. The molecule has 0 N–H and O–H groups in total. The number of para-hydroxylation sites is 1. The van der Waals surface area contributed by atoms with Crippen molar-refractivity contribution in [3.63, 3.8) is 0 Å². The molecule has 2 aromatic rings. The van der Waals surface area contributed by atoms with Gasteiger partial charge in [0, 0.05) is 31.4 Å². The van der Waals surface area contributed by atoms with Gasteiger partial charge in [0.1, 0.15) is 0 Å². The van der Waals surface area contributed by atoms with Crippen molar-refractivity contribution >= 4 is 0 Å². The molecule has 2 heterocycles. The number of nitrogens with zero attached hydrogens (tertiary/aromatic N) is 2. The monoisotopic (exact) mass is 308 g/mol. The molecule has 4 nitrogen and oxygen atoms in total. The van der Waals surface area contributed by atoms with Crippen LogP contribution in [-0.4, -0.2) is 35.5 Å². The van der Waals surface area contributed by atoms with Crippen LogP contribution in [0.3, 0.4) is 0 Å². The first kappa shape index (κ1) is 15.0. The van der Waals surface area contributed by atoms with E-state index >= 15 is 0 Å². The van der Waals surface area contributed by atoms with Crippen molar-refractivity contribution in [2.24, 2.45) is 5.92 Å². The molecule has 0 unspecified atom stereocenters. The highest BCUT2D eigenvalue weighted by Crippen LogP contribution is 2.32. The van der Waals surface area contributed by atoms with E-state index in [9.17, 15) is 8.78 Å². The molecule has 1 fully saturated rings. The van der Waals surface area contributed by atoms with E-state index in [0.29, 0.717) is 26.1 Å². The lowest BCUT2D eigenvalue weighted by Gasteiger charge is -2.29. The van der Waals surface area contributed by atoms with E-state index in [-0.39, 0.29) is 5.88 Å². The zero-order chi connectivity index (χ0) is 15.4. The number of aromatic nitrogens is 2. The highest BCUT2D eigenvalue weighted by molar-refractivity contribution is 5.31. The molecule has 118 valence electrons. The lowest BCUT2D eigenvalue weighted by Crippen LogP contribution is -2.38. The van der Waals surface area contributed by atoms with Crippen LogP contribution < -0.4 is 4.74 Å². The molecule has 1 aromatic carbocycles. The van der Waals surface area contributed by atoms with Gasteiger partial charge in [-0.2, -0.15) is 0 Å². The highest BCUT2D eigenvalue weighted by atomic mass is 19.3. The molecule has 0 saturated carbocycles. The normalized spacial score (nSPS) is 16.6. The second-order valence-corrected chi connectivity index (χ2v) is 5.37. The minimum atomic E-state index is -2.86. The average Bonchev–Trinajstić information content (AvgIpc) is 3.04. The van der Waals surface area contributed by atoms with Crippen LogP contribution in [-0.2, 0) is 4.74 Å². The standard InChI is InChI=1S/C16H18F2N2O2/c17-16(18,13-7-10-21-11-8-13)12-22-15-6-9-20(19-15)14-4-2-1-3-5-14/h1-6,9,13H,7-8,10-12H2. The van der Waals surface area contributed by atoms with Gasteiger partial charge in [0.25, 0.3) is 5.92 Å².